The Hall–Kier alpha value is -5.20. The normalized spacial score (nSPS) is 17.7. The number of fused-ring (bicyclic) bond motifs is 7. The summed E-state index contributed by atoms with van der Waals surface area (Å²) in [6.45, 7) is 2.20. The maximum absolute atomic E-state index is 5.47. The van der Waals surface area contributed by atoms with Crippen LogP contribution in [0.1, 0.15) is 24.4 Å². The fraction of sp³-hybridized carbons (Fsp3) is 0.0811. The fourth-order valence-electron chi connectivity index (χ4n) is 6.96. The van der Waals surface area contributed by atoms with Crippen molar-refractivity contribution in [3.05, 3.63) is 132 Å². The van der Waals surface area contributed by atoms with Crippen LogP contribution in [0.5, 0.6) is 0 Å². The zero-order chi connectivity index (χ0) is 28.2. The first-order valence-electron chi connectivity index (χ1n) is 14.7. The Balaban J connectivity index is 1.25. The van der Waals surface area contributed by atoms with E-state index in [1.807, 2.05) is 0 Å². The molecule has 204 valence electrons. The summed E-state index contributed by atoms with van der Waals surface area (Å²) in [6.07, 6.45) is 0. The smallest absolute Gasteiger partial charge is 0.131 e. The number of para-hydroxylation sites is 1. The predicted octanol–water partition coefficient (Wildman–Crippen LogP) is 9.69. The van der Waals surface area contributed by atoms with Crippen molar-refractivity contribution in [2.24, 2.45) is 0 Å². The molecule has 2 fully saturated rings. The predicted molar refractivity (Wildman–Crippen MR) is 178 cm³/mol. The van der Waals surface area contributed by atoms with Crippen molar-refractivity contribution in [3.63, 3.8) is 0 Å². The Kier molecular flexibility index (Phi) is 4.58. The topological polar surface area (TPSA) is 44.1 Å². The van der Waals surface area contributed by atoms with E-state index in [4.69, 9.17) is 9.97 Å². The summed E-state index contributed by atoms with van der Waals surface area (Å²) < 4.78 is 0. The first kappa shape index (κ1) is 23.4. The molecule has 43 heavy (non-hydrogen) atoms. The Morgan fingerprint density at radius 3 is 2.19 bits per heavy atom. The minimum absolute atomic E-state index is 0.385. The lowest BCUT2D eigenvalue weighted by atomic mass is 9.97. The number of rotatable bonds is 5. The Morgan fingerprint density at radius 1 is 0.698 bits per heavy atom. The summed E-state index contributed by atoms with van der Waals surface area (Å²) in [6, 6.07) is 41.7. The number of thiophene rings is 1. The van der Waals surface area contributed by atoms with E-state index in [2.05, 4.69) is 137 Å². The minimum atomic E-state index is 0.385. The summed E-state index contributed by atoms with van der Waals surface area (Å²) in [5.74, 6) is 0. The third-order valence-electron chi connectivity index (χ3n) is 9.12. The second kappa shape index (κ2) is 8.43. The van der Waals surface area contributed by atoms with Gasteiger partial charge in [0.15, 0.2) is 0 Å². The number of nitrogens with one attached hydrogen (secondary N) is 1. The average Bonchev–Trinajstić information content (AvgIpc) is 3.95. The van der Waals surface area contributed by atoms with Gasteiger partial charge in [0.05, 0.1) is 23.1 Å². The average molecular weight is 572 g/mol. The molecule has 0 saturated carbocycles. The van der Waals surface area contributed by atoms with Gasteiger partial charge in [-0.2, -0.15) is 0 Å². The van der Waals surface area contributed by atoms with Crippen LogP contribution in [0.4, 0.5) is 27.1 Å². The molecule has 2 unspecified atom stereocenters. The second-order valence-electron chi connectivity index (χ2n) is 11.5. The number of nitrogens with zero attached hydrogens (tertiary/aromatic N) is 4. The number of hydrogen-bond donors (Lipinski definition) is 1. The number of hydrogen-bond acceptors (Lipinski definition) is 6. The second-order valence-corrected chi connectivity index (χ2v) is 12.5. The highest BCUT2D eigenvalue weighted by molar-refractivity contribution is 7.22. The largest absolute Gasteiger partial charge is 0.350 e. The van der Waals surface area contributed by atoms with Crippen LogP contribution in [0.2, 0.25) is 0 Å². The van der Waals surface area contributed by atoms with Gasteiger partial charge in [-0.25, -0.2) is 9.97 Å². The van der Waals surface area contributed by atoms with Crippen LogP contribution < -0.4 is 10.2 Å². The van der Waals surface area contributed by atoms with Crippen molar-refractivity contribution in [1.82, 2.24) is 14.9 Å². The molecule has 0 amide bonds. The highest BCUT2D eigenvalue weighted by Crippen LogP contribution is 2.70. The molecule has 2 atom stereocenters. The van der Waals surface area contributed by atoms with E-state index in [9.17, 15) is 0 Å². The molecule has 1 N–H and O–H groups in total. The van der Waals surface area contributed by atoms with Gasteiger partial charge in [0.25, 0.3) is 0 Å². The van der Waals surface area contributed by atoms with Crippen molar-refractivity contribution < 1.29 is 0 Å². The SMILES string of the molecule is CC1=C2C3C(c4nc5c(N(c6ccccc6)c6cccc7ccccc67)sc(Nc6cccc7ccccc67)c5nc41)N23. The lowest BCUT2D eigenvalue weighted by Gasteiger charge is -2.25. The molecule has 3 aliphatic rings. The number of aromatic nitrogens is 2. The zero-order valence-electron chi connectivity index (χ0n) is 23.3. The molecular formula is C37H25N5S. The molecule has 2 aliphatic heterocycles. The summed E-state index contributed by atoms with van der Waals surface area (Å²) in [5.41, 5.74) is 10.0. The lowest BCUT2D eigenvalue weighted by molar-refractivity contribution is 0.689. The van der Waals surface area contributed by atoms with Gasteiger partial charge in [0.2, 0.25) is 0 Å². The minimum Gasteiger partial charge on any atom is -0.350 e. The van der Waals surface area contributed by atoms with Crippen LogP contribution in [0.15, 0.2) is 121 Å². The van der Waals surface area contributed by atoms with E-state index in [0.717, 1.165) is 49.5 Å². The molecule has 0 radical (unpaired) electrons. The number of benzene rings is 5. The van der Waals surface area contributed by atoms with Crippen molar-refractivity contribution in [1.29, 1.82) is 0 Å². The monoisotopic (exact) mass is 571 g/mol. The Bertz CT molecular complexity index is 2300. The fourth-order valence-corrected chi connectivity index (χ4v) is 8.09. The van der Waals surface area contributed by atoms with Gasteiger partial charge in [-0.1, -0.05) is 102 Å². The van der Waals surface area contributed by atoms with Crippen LogP contribution in [-0.2, 0) is 0 Å². The Morgan fingerprint density at radius 2 is 1.37 bits per heavy atom. The van der Waals surface area contributed by atoms with E-state index >= 15 is 0 Å². The van der Waals surface area contributed by atoms with Crippen LogP contribution >= 0.6 is 11.3 Å². The highest BCUT2D eigenvalue weighted by Gasteiger charge is 2.72. The van der Waals surface area contributed by atoms with Crippen molar-refractivity contribution >= 4 is 76.6 Å². The third kappa shape index (κ3) is 3.27. The van der Waals surface area contributed by atoms with E-state index in [1.165, 1.54) is 32.8 Å². The molecule has 2 saturated heterocycles. The molecule has 2 aromatic heterocycles. The van der Waals surface area contributed by atoms with E-state index in [1.54, 1.807) is 11.3 Å². The summed E-state index contributed by atoms with van der Waals surface area (Å²) in [7, 11) is 0. The lowest BCUT2D eigenvalue weighted by Crippen LogP contribution is -2.14. The maximum Gasteiger partial charge on any atom is 0.131 e. The standard InChI is InChI=1S/C37H25N5S/c1-21-29-30(34-35-33(21)42(34)35)40-32-31(39-29)36(38-27-19-9-13-22-11-5-7-17-25(22)27)43-37(32)41(24-15-3-2-4-16-24)28-20-10-14-23-12-6-8-18-26(23)28/h2-20,34-35,38H,1H3. The highest BCUT2D eigenvalue weighted by atomic mass is 32.1. The molecule has 4 heterocycles. The first-order valence-corrected chi connectivity index (χ1v) is 15.5. The van der Waals surface area contributed by atoms with Gasteiger partial charge < -0.3 is 10.2 Å². The molecule has 0 spiro atoms. The van der Waals surface area contributed by atoms with Crippen LogP contribution in [0.3, 0.4) is 0 Å². The zero-order valence-corrected chi connectivity index (χ0v) is 24.1. The van der Waals surface area contributed by atoms with Crippen LogP contribution in [-0.4, -0.2) is 20.9 Å². The van der Waals surface area contributed by atoms with E-state index in [-0.39, 0.29) is 0 Å². The van der Waals surface area contributed by atoms with Crippen molar-refractivity contribution in [3.8, 4) is 0 Å². The molecule has 10 rings (SSSR count). The summed E-state index contributed by atoms with van der Waals surface area (Å²) in [5, 5.41) is 10.7. The number of allylic oxidation sites excluding steroid dienone is 1. The van der Waals surface area contributed by atoms with Gasteiger partial charge in [-0.15, -0.1) is 0 Å². The van der Waals surface area contributed by atoms with Gasteiger partial charge >= 0.3 is 0 Å². The van der Waals surface area contributed by atoms with E-state index < -0.39 is 0 Å². The molecular weight excluding hydrogens is 547 g/mol. The molecule has 5 aromatic carbocycles. The van der Waals surface area contributed by atoms with Gasteiger partial charge in [0.1, 0.15) is 27.1 Å². The molecule has 0 bridgehead atoms. The van der Waals surface area contributed by atoms with Crippen molar-refractivity contribution in [2.75, 3.05) is 10.2 Å². The van der Waals surface area contributed by atoms with Crippen molar-refractivity contribution in [2.45, 2.75) is 19.0 Å². The maximum atomic E-state index is 5.47. The van der Waals surface area contributed by atoms with Crippen LogP contribution in [0.25, 0.3) is 38.2 Å². The molecule has 5 nitrogen and oxygen atoms in total. The van der Waals surface area contributed by atoms with Gasteiger partial charge in [0, 0.05) is 27.8 Å². The van der Waals surface area contributed by atoms with Gasteiger partial charge in [-0.3, -0.25) is 4.90 Å². The van der Waals surface area contributed by atoms with E-state index in [0.29, 0.717) is 12.1 Å². The third-order valence-corrected chi connectivity index (χ3v) is 10.2. The molecule has 1 aliphatic carbocycles. The molecule has 7 aromatic rings. The first-order chi connectivity index (χ1) is 21.3. The number of anilines is 5. The quantitative estimate of drug-likeness (QED) is 0.208. The molecule has 6 heteroatoms. The van der Waals surface area contributed by atoms with Crippen LogP contribution in [0, 0.1) is 0 Å². The Labute approximate surface area is 252 Å². The summed E-state index contributed by atoms with van der Waals surface area (Å²) in [4.78, 5) is 15.7. The van der Waals surface area contributed by atoms with Gasteiger partial charge in [-0.05, 0) is 47.5 Å². The summed E-state index contributed by atoms with van der Waals surface area (Å²) >= 11 is 1.72.